The van der Waals surface area contributed by atoms with Crippen molar-refractivity contribution in [2.24, 2.45) is 0 Å². The van der Waals surface area contributed by atoms with E-state index in [1.807, 2.05) is 6.92 Å². The van der Waals surface area contributed by atoms with E-state index in [1.54, 1.807) is 53.4 Å². The molecule has 2 aromatic carbocycles. The zero-order valence-corrected chi connectivity index (χ0v) is 19.4. The third-order valence-electron chi connectivity index (χ3n) is 5.30. The number of amides is 2. The number of ether oxygens (including phenoxy) is 1. The van der Waals surface area contributed by atoms with Crippen molar-refractivity contribution in [3.8, 4) is 5.75 Å². The van der Waals surface area contributed by atoms with E-state index in [1.165, 1.54) is 6.92 Å². The molecule has 9 heteroatoms. The van der Waals surface area contributed by atoms with Gasteiger partial charge in [-0.15, -0.1) is 0 Å². The maximum atomic E-state index is 13.1. The normalized spacial score (nSPS) is 14.7. The Kier molecular flexibility index (Phi) is 7.40. The van der Waals surface area contributed by atoms with E-state index in [4.69, 9.17) is 4.74 Å². The van der Waals surface area contributed by atoms with Gasteiger partial charge in [0, 0.05) is 13.1 Å². The Morgan fingerprint density at radius 2 is 1.72 bits per heavy atom. The minimum absolute atomic E-state index is 0.141. The molecule has 32 heavy (non-hydrogen) atoms. The summed E-state index contributed by atoms with van der Waals surface area (Å²) in [4.78, 5) is 27.7. The summed E-state index contributed by atoms with van der Waals surface area (Å²) in [6.45, 7) is 5.24. The summed E-state index contributed by atoms with van der Waals surface area (Å²) < 4.78 is 31.6. The number of nitrogens with zero attached hydrogens (tertiary/aromatic N) is 2. The SMILES string of the molecule is CCOc1ccc(N([C@H](C)C(=O)Nc2ccccc2C(=O)N2CCCC2)S(C)(=O)=O)cc1. The number of carbonyl (C=O) groups excluding carboxylic acids is 2. The molecule has 1 aliphatic heterocycles. The smallest absolute Gasteiger partial charge is 0.255 e. The number of sulfonamides is 1. The van der Waals surface area contributed by atoms with Gasteiger partial charge in [-0.3, -0.25) is 13.9 Å². The van der Waals surface area contributed by atoms with Crippen molar-refractivity contribution in [2.75, 3.05) is 35.6 Å². The van der Waals surface area contributed by atoms with Gasteiger partial charge in [0.15, 0.2) is 0 Å². The molecular weight excluding hydrogens is 430 g/mol. The molecule has 2 amide bonds. The number of likely N-dealkylation sites (tertiary alicyclic amines) is 1. The van der Waals surface area contributed by atoms with Gasteiger partial charge in [0.05, 0.1) is 29.8 Å². The zero-order chi connectivity index (χ0) is 23.3. The zero-order valence-electron chi connectivity index (χ0n) is 18.6. The highest BCUT2D eigenvalue weighted by molar-refractivity contribution is 7.92. The second kappa shape index (κ2) is 10.0. The first-order valence-electron chi connectivity index (χ1n) is 10.6. The molecule has 1 saturated heterocycles. The molecule has 0 bridgehead atoms. The summed E-state index contributed by atoms with van der Waals surface area (Å²) in [6.07, 6.45) is 2.98. The van der Waals surface area contributed by atoms with Crippen molar-refractivity contribution in [3.05, 3.63) is 54.1 Å². The number of hydrogen-bond donors (Lipinski definition) is 1. The largest absolute Gasteiger partial charge is 0.494 e. The van der Waals surface area contributed by atoms with Gasteiger partial charge >= 0.3 is 0 Å². The molecule has 2 aromatic rings. The van der Waals surface area contributed by atoms with Crippen molar-refractivity contribution < 1.29 is 22.7 Å². The van der Waals surface area contributed by atoms with Gasteiger partial charge in [-0.25, -0.2) is 8.42 Å². The molecule has 172 valence electrons. The predicted molar refractivity (Wildman–Crippen MR) is 125 cm³/mol. The first kappa shape index (κ1) is 23.6. The van der Waals surface area contributed by atoms with Crippen LogP contribution in [0.25, 0.3) is 0 Å². The van der Waals surface area contributed by atoms with E-state index >= 15 is 0 Å². The number of hydrogen-bond acceptors (Lipinski definition) is 5. The van der Waals surface area contributed by atoms with Crippen LogP contribution in [0, 0.1) is 0 Å². The molecule has 1 aliphatic rings. The van der Waals surface area contributed by atoms with Crippen molar-refractivity contribution >= 4 is 33.2 Å². The Balaban J connectivity index is 1.84. The highest BCUT2D eigenvalue weighted by atomic mass is 32.2. The number of anilines is 2. The molecule has 0 aliphatic carbocycles. The minimum Gasteiger partial charge on any atom is -0.494 e. The highest BCUT2D eigenvalue weighted by Crippen LogP contribution is 2.25. The molecule has 0 unspecified atom stereocenters. The van der Waals surface area contributed by atoms with Crippen LogP contribution in [0.2, 0.25) is 0 Å². The van der Waals surface area contributed by atoms with Crippen molar-refractivity contribution in [1.29, 1.82) is 0 Å². The Hall–Kier alpha value is -3.07. The quantitative estimate of drug-likeness (QED) is 0.654. The molecule has 1 heterocycles. The van der Waals surface area contributed by atoms with Gasteiger partial charge in [-0.05, 0) is 63.1 Å². The Bertz CT molecular complexity index is 1060. The van der Waals surface area contributed by atoms with Gasteiger partial charge in [-0.1, -0.05) is 12.1 Å². The Morgan fingerprint density at radius 3 is 2.31 bits per heavy atom. The first-order valence-corrected chi connectivity index (χ1v) is 12.5. The lowest BCUT2D eigenvalue weighted by Crippen LogP contribution is -2.45. The number of carbonyl (C=O) groups is 2. The van der Waals surface area contributed by atoms with Crippen LogP contribution in [-0.2, 0) is 14.8 Å². The fourth-order valence-corrected chi connectivity index (χ4v) is 4.95. The fraction of sp³-hybridized carbons (Fsp3) is 0.391. The van der Waals surface area contributed by atoms with E-state index in [0.717, 1.165) is 23.4 Å². The summed E-state index contributed by atoms with van der Waals surface area (Å²) >= 11 is 0. The molecule has 1 atom stereocenters. The number of benzene rings is 2. The predicted octanol–water partition coefficient (Wildman–Crippen LogP) is 3.11. The van der Waals surface area contributed by atoms with Crippen LogP contribution < -0.4 is 14.4 Å². The monoisotopic (exact) mass is 459 g/mol. The van der Waals surface area contributed by atoms with Crippen molar-refractivity contribution in [1.82, 2.24) is 4.90 Å². The van der Waals surface area contributed by atoms with Crippen LogP contribution >= 0.6 is 0 Å². The van der Waals surface area contributed by atoms with Gasteiger partial charge < -0.3 is 15.0 Å². The number of rotatable bonds is 8. The lowest BCUT2D eigenvalue weighted by Gasteiger charge is -2.28. The lowest BCUT2D eigenvalue weighted by molar-refractivity contribution is -0.116. The lowest BCUT2D eigenvalue weighted by atomic mass is 10.1. The van der Waals surface area contributed by atoms with Crippen LogP contribution in [0.4, 0.5) is 11.4 Å². The molecule has 0 radical (unpaired) electrons. The van der Waals surface area contributed by atoms with Crippen LogP contribution in [-0.4, -0.2) is 57.1 Å². The van der Waals surface area contributed by atoms with Gasteiger partial charge in [0.25, 0.3) is 5.91 Å². The molecular formula is C23H29N3O5S. The topological polar surface area (TPSA) is 96.0 Å². The molecule has 8 nitrogen and oxygen atoms in total. The fourth-order valence-electron chi connectivity index (χ4n) is 3.77. The second-order valence-corrected chi connectivity index (χ2v) is 9.56. The summed E-state index contributed by atoms with van der Waals surface area (Å²) in [5, 5.41) is 2.75. The van der Waals surface area contributed by atoms with E-state index < -0.39 is 22.0 Å². The summed E-state index contributed by atoms with van der Waals surface area (Å²) in [5.74, 6) is -0.0697. The molecule has 0 spiro atoms. The van der Waals surface area contributed by atoms with Crippen LogP contribution in [0.5, 0.6) is 5.75 Å². The van der Waals surface area contributed by atoms with E-state index in [0.29, 0.717) is 42.4 Å². The van der Waals surface area contributed by atoms with Crippen LogP contribution in [0.15, 0.2) is 48.5 Å². The minimum atomic E-state index is -3.76. The third-order valence-corrected chi connectivity index (χ3v) is 6.54. The Labute approximate surface area is 189 Å². The van der Waals surface area contributed by atoms with Crippen LogP contribution in [0.3, 0.4) is 0 Å². The Morgan fingerprint density at radius 1 is 1.09 bits per heavy atom. The highest BCUT2D eigenvalue weighted by Gasteiger charge is 2.30. The maximum absolute atomic E-state index is 13.1. The van der Waals surface area contributed by atoms with Crippen molar-refractivity contribution in [2.45, 2.75) is 32.7 Å². The third kappa shape index (κ3) is 5.40. The van der Waals surface area contributed by atoms with Gasteiger partial charge in [-0.2, -0.15) is 0 Å². The average Bonchev–Trinajstić information content (AvgIpc) is 3.29. The average molecular weight is 460 g/mol. The van der Waals surface area contributed by atoms with E-state index in [2.05, 4.69) is 5.32 Å². The second-order valence-electron chi connectivity index (χ2n) is 7.70. The summed E-state index contributed by atoms with van der Waals surface area (Å²) in [6, 6.07) is 12.3. The van der Waals surface area contributed by atoms with E-state index in [-0.39, 0.29) is 5.91 Å². The van der Waals surface area contributed by atoms with Crippen LogP contribution in [0.1, 0.15) is 37.0 Å². The molecule has 3 rings (SSSR count). The first-order chi connectivity index (χ1) is 15.2. The summed E-state index contributed by atoms with van der Waals surface area (Å²) in [7, 11) is -3.76. The molecule has 0 aromatic heterocycles. The number of para-hydroxylation sites is 1. The standard InChI is InChI=1S/C23H29N3O5S/c1-4-31-19-13-11-18(12-14-19)26(32(3,29)30)17(2)22(27)24-21-10-6-5-9-20(21)23(28)25-15-7-8-16-25/h5-6,9-14,17H,4,7-8,15-16H2,1-3H3,(H,24,27)/t17-/m1/s1. The molecule has 1 N–H and O–H groups in total. The van der Waals surface area contributed by atoms with E-state index in [9.17, 15) is 18.0 Å². The van der Waals surface area contributed by atoms with Gasteiger partial charge in [0.2, 0.25) is 15.9 Å². The number of nitrogens with one attached hydrogen (secondary N) is 1. The van der Waals surface area contributed by atoms with Crippen molar-refractivity contribution in [3.63, 3.8) is 0 Å². The summed E-state index contributed by atoms with van der Waals surface area (Å²) in [5.41, 5.74) is 1.10. The maximum Gasteiger partial charge on any atom is 0.255 e. The molecule has 0 saturated carbocycles. The van der Waals surface area contributed by atoms with Gasteiger partial charge in [0.1, 0.15) is 11.8 Å². The molecule has 1 fully saturated rings.